The number of guanidine groups is 1. The van der Waals surface area contributed by atoms with Gasteiger partial charge in [-0.1, -0.05) is 25.1 Å². The lowest BCUT2D eigenvalue weighted by Crippen LogP contribution is -2.39. The van der Waals surface area contributed by atoms with E-state index in [1.165, 1.54) is 0 Å². The fraction of sp³-hybridized carbons (Fsp3) is 0.533. The molecule has 0 aliphatic rings. The summed E-state index contributed by atoms with van der Waals surface area (Å²) in [7, 11) is -1.35. The van der Waals surface area contributed by atoms with Crippen LogP contribution in [-0.4, -0.2) is 46.1 Å². The molecule has 22 heavy (non-hydrogen) atoms. The third-order valence-electron chi connectivity index (χ3n) is 3.09. The van der Waals surface area contributed by atoms with Crippen molar-refractivity contribution in [2.24, 2.45) is 4.99 Å². The standard InChI is InChI=1S/C15H25N3O3S/c1-4-16-15(17-10-11-22(19,20)5-2)18-12-13-8-6-7-9-14(13)21-3/h6-9H,4-5,10-12H2,1-3H3,(H2,16,17,18). The molecular formula is C15H25N3O3S. The minimum Gasteiger partial charge on any atom is -0.496 e. The number of benzene rings is 1. The van der Waals surface area contributed by atoms with Crippen molar-refractivity contribution in [1.29, 1.82) is 0 Å². The van der Waals surface area contributed by atoms with Crippen LogP contribution in [0, 0.1) is 0 Å². The Hall–Kier alpha value is -1.76. The molecule has 1 aromatic carbocycles. The molecule has 0 unspecified atom stereocenters. The molecule has 0 fully saturated rings. The maximum absolute atomic E-state index is 11.5. The molecule has 0 aliphatic heterocycles. The van der Waals surface area contributed by atoms with Crippen LogP contribution in [0.1, 0.15) is 19.4 Å². The summed E-state index contributed by atoms with van der Waals surface area (Å²) < 4.78 is 28.3. The van der Waals surface area contributed by atoms with E-state index in [0.717, 1.165) is 11.3 Å². The van der Waals surface area contributed by atoms with Crippen molar-refractivity contribution in [2.75, 3.05) is 31.7 Å². The lowest BCUT2D eigenvalue weighted by molar-refractivity contribution is 0.410. The first-order chi connectivity index (χ1) is 10.5. The SMILES string of the molecule is CCNC(=NCc1ccccc1OC)NCCS(=O)(=O)CC. The number of rotatable bonds is 8. The van der Waals surface area contributed by atoms with Crippen molar-refractivity contribution in [3.63, 3.8) is 0 Å². The Kier molecular flexibility index (Phi) is 7.73. The second-order valence-electron chi connectivity index (χ2n) is 4.67. The molecule has 0 amide bonds. The van der Waals surface area contributed by atoms with E-state index in [0.29, 0.717) is 25.6 Å². The maximum atomic E-state index is 11.5. The van der Waals surface area contributed by atoms with Gasteiger partial charge in [0.1, 0.15) is 5.75 Å². The van der Waals surface area contributed by atoms with Crippen LogP contribution >= 0.6 is 0 Å². The van der Waals surface area contributed by atoms with E-state index >= 15 is 0 Å². The van der Waals surface area contributed by atoms with E-state index in [4.69, 9.17) is 4.74 Å². The van der Waals surface area contributed by atoms with E-state index in [-0.39, 0.29) is 11.5 Å². The van der Waals surface area contributed by atoms with E-state index in [1.54, 1.807) is 14.0 Å². The van der Waals surface area contributed by atoms with Crippen LogP contribution < -0.4 is 15.4 Å². The second-order valence-corrected chi connectivity index (χ2v) is 7.14. The number of hydrogen-bond acceptors (Lipinski definition) is 4. The molecule has 6 nitrogen and oxygen atoms in total. The van der Waals surface area contributed by atoms with E-state index in [1.807, 2.05) is 31.2 Å². The molecule has 0 bridgehead atoms. The summed E-state index contributed by atoms with van der Waals surface area (Å²) in [5.41, 5.74) is 0.975. The zero-order valence-corrected chi connectivity index (χ0v) is 14.2. The highest BCUT2D eigenvalue weighted by molar-refractivity contribution is 7.91. The summed E-state index contributed by atoms with van der Waals surface area (Å²) in [4.78, 5) is 4.46. The highest BCUT2D eigenvalue weighted by Gasteiger charge is 2.07. The zero-order chi connectivity index (χ0) is 16.4. The van der Waals surface area contributed by atoms with Gasteiger partial charge in [0.05, 0.1) is 19.4 Å². The quantitative estimate of drug-likeness (QED) is 0.554. The number of nitrogens with one attached hydrogen (secondary N) is 2. The van der Waals surface area contributed by atoms with Crippen molar-refractivity contribution < 1.29 is 13.2 Å². The summed E-state index contributed by atoms with van der Waals surface area (Å²) in [5.74, 6) is 1.64. The fourth-order valence-electron chi connectivity index (χ4n) is 1.81. The Morgan fingerprint density at radius 1 is 1.23 bits per heavy atom. The van der Waals surface area contributed by atoms with Crippen molar-refractivity contribution in [1.82, 2.24) is 10.6 Å². The average molecular weight is 327 g/mol. The average Bonchev–Trinajstić information content (AvgIpc) is 2.52. The Balaban J connectivity index is 2.65. The van der Waals surface area contributed by atoms with Crippen LogP contribution in [0.4, 0.5) is 0 Å². The summed E-state index contributed by atoms with van der Waals surface area (Å²) in [6.07, 6.45) is 0. The molecule has 0 atom stereocenters. The van der Waals surface area contributed by atoms with Gasteiger partial charge in [-0.15, -0.1) is 0 Å². The molecule has 1 aromatic rings. The summed E-state index contributed by atoms with van der Waals surface area (Å²) in [6.45, 7) is 5.12. The highest BCUT2D eigenvalue weighted by Crippen LogP contribution is 2.17. The third kappa shape index (κ3) is 6.34. The number of para-hydroxylation sites is 1. The number of sulfone groups is 1. The first-order valence-corrected chi connectivity index (χ1v) is 9.19. The largest absolute Gasteiger partial charge is 0.496 e. The topological polar surface area (TPSA) is 79.8 Å². The Morgan fingerprint density at radius 2 is 1.95 bits per heavy atom. The molecule has 124 valence electrons. The van der Waals surface area contributed by atoms with Crippen molar-refractivity contribution in [3.05, 3.63) is 29.8 Å². The molecule has 7 heteroatoms. The fourth-order valence-corrected chi connectivity index (χ4v) is 2.51. The van der Waals surface area contributed by atoms with Gasteiger partial charge in [0, 0.05) is 24.4 Å². The zero-order valence-electron chi connectivity index (χ0n) is 13.4. The van der Waals surface area contributed by atoms with Crippen molar-refractivity contribution in [3.8, 4) is 5.75 Å². The summed E-state index contributed by atoms with van der Waals surface area (Å²) in [5, 5.41) is 6.14. The van der Waals surface area contributed by atoms with E-state index in [2.05, 4.69) is 15.6 Å². The highest BCUT2D eigenvalue weighted by atomic mass is 32.2. The Labute approximate surface area is 132 Å². The number of aliphatic imine (C=N–C) groups is 1. The van der Waals surface area contributed by atoms with Gasteiger partial charge in [-0.3, -0.25) is 0 Å². The Bertz CT molecular complexity index is 585. The third-order valence-corrected chi connectivity index (χ3v) is 4.80. The predicted molar refractivity (Wildman–Crippen MR) is 90.1 cm³/mol. The van der Waals surface area contributed by atoms with Crippen LogP contribution in [0.25, 0.3) is 0 Å². The minimum atomic E-state index is -2.97. The normalized spacial score (nSPS) is 12.0. The van der Waals surface area contributed by atoms with Gasteiger partial charge in [-0.05, 0) is 13.0 Å². The van der Waals surface area contributed by atoms with Gasteiger partial charge in [0.2, 0.25) is 0 Å². The summed E-state index contributed by atoms with van der Waals surface area (Å²) >= 11 is 0. The van der Waals surface area contributed by atoms with E-state index in [9.17, 15) is 8.42 Å². The minimum absolute atomic E-state index is 0.0998. The van der Waals surface area contributed by atoms with Crippen LogP contribution in [0.15, 0.2) is 29.3 Å². The maximum Gasteiger partial charge on any atom is 0.191 e. The lowest BCUT2D eigenvalue weighted by Gasteiger charge is -2.12. The van der Waals surface area contributed by atoms with Gasteiger partial charge in [0.25, 0.3) is 0 Å². The monoisotopic (exact) mass is 327 g/mol. The molecule has 0 spiro atoms. The predicted octanol–water partition coefficient (Wildman–Crippen LogP) is 1.19. The van der Waals surface area contributed by atoms with Crippen LogP contribution in [0.2, 0.25) is 0 Å². The van der Waals surface area contributed by atoms with Crippen molar-refractivity contribution >= 4 is 15.8 Å². The smallest absolute Gasteiger partial charge is 0.191 e. The molecular weight excluding hydrogens is 302 g/mol. The molecule has 0 heterocycles. The number of hydrogen-bond donors (Lipinski definition) is 2. The summed E-state index contributed by atoms with van der Waals surface area (Å²) in [6, 6.07) is 7.68. The molecule has 0 aromatic heterocycles. The molecule has 0 radical (unpaired) electrons. The first-order valence-electron chi connectivity index (χ1n) is 7.37. The van der Waals surface area contributed by atoms with Crippen LogP contribution in [0.5, 0.6) is 5.75 Å². The molecule has 0 aliphatic carbocycles. The first kappa shape index (κ1) is 18.3. The molecule has 0 saturated carbocycles. The number of nitrogens with zero attached hydrogens (tertiary/aromatic N) is 1. The molecule has 1 rings (SSSR count). The van der Waals surface area contributed by atoms with Gasteiger partial charge in [0.15, 0.2) is 15.8 Å². The van der Waals surface area contributed by atoms with Gasteiger partial charge in [-0.2, -0.15) is 0 Å². The number of ether oxygens (including phenoxy) is 1. The lowest BCUT2D eigenvalue weighted by atomic mass is 10.2. The Morgan fingerprint density at radius 3 is 2.59 bits per heavy atom. The van der Waals surface area contributed by atoms with E-state index < -0.39 is 9.84 Å². The second kappa shape index (κ2) is 9.30. The molecule has 2 N–H and O–H groups in total. The van der Waals surface area contributed by atoms with Gasteiger partial charge < -0.3 is 15.4 Å². The van der Waals surface area contributed by atoms with Crippen LogP contribution in [0.3, 0.4) is 0 Å². The number of methoxy groups -OCH3 is 1. The molecule has 0 saturated heterocycles. The van der Waals surface area contributed by atoms with Crippen LogP contribution in [-0.2, 0) is 16.4 Å². The van der Waals surface area contributed by atoms with Gasteiger partial charge >= 0.3 is 0 Å². The van der Waals surface area contributed by atoms with Crippen molar-refractivity contribution in [2.45, 2.75) is 20.4 Å². The van der Waals surface area contributed by atoms with Gasteiger partial charge in [-0.25, -0.2) is 13.4 Å².